The van der Waals surface area contributed by atoms with E-state index in [1.807, 2.05) is 0 Å². The number of nitrogens with zero attached hydrogens (tertiary/aromatic N) is 1. The Morgan fingerprint density at radius 3 is 2.26 bits per heavy atom. The molecule has 116 valence electrons. The SMILES string of the molecule is NS(=O)(=O)c1cccc2c(N=Cc3ccc(O)cc3)cccc12. The molecular formula is C17H14N2O3S. The summed E-state index contributed by atoms with van der Waals surface area (Å²) < 4.78 is 23.4. The van der Waals surface area contributed by atoms with Crippen molar-refractivity contribution >= 4 is 32.7 Å². The van der Waals surface area contributed by atoms with Gasteiger partial charge in [-0.25, -0.2) is 13.6 Å². The molecule has 0 aliphatic rings. The first-order valence-corrected chi connectivity index (χ1v) is 8.37. The highest BCUT2D eigenvalue weighted by molar-refractivity contribution is 7.89. The number of aromatic hydroxyl groups is 1. The van der Waals surface area contributed by atoms with Crippen LogP contribution in [0.4, 0.5) is 5.69 Å². The van der Waals surface area contributed by atoms with Crippen LogP contribution in [-0.2, 0) is 10.0 Å². The van der Waals surface area contributed by atoms with Gasteiger partial charge in [0.2, 0.25) is 10.0 Å². The van der Waals surface area contributed by atoms with Gasteiger partial charge in [0.15, 0.2) is 0 Å². The molecule has 0 bridgehead atoms. The van der Waals surface area contributed by atoms with Crippen molar-refractivity contribution in [3.63, 3.8) is 0 Å². The zero-order valence-corrected chi connectivity index (χ0v) is 12.9. The highest BCUT2D eigenvalue weighted by Crippen LogP contribution is 2.30. The number of nitrogens with two attached hydrogens (primary N) is 1. The van der Waals surface area contributed by atoms with Crippen molar-refractivity contribution in [3.8, 4) is 5.75 Å². The maximum atomic E-state index is 11.7. The molecule has 0 aliphatic heterocycles. The third-order valence-electron chi connectivity index (χ3n) is 3.41. The fraction of sp³-hybridized carbons (Fsp3) is 0. The summed E-state index contributed by atoms with van der Waals surface area (Å²) in [4.78, 5) is 4.50. The summed E-state index contributed by atoms with van der Waals surface area (Å²) in [5.74, 6) is 0.185. The Bertz CT molecular complexity index is 994. The fourth-order valence-electron chi connectivity index (χ4n) is 2.33. The molecule has 3 aromatic carbocycles. The molecule has 5 nitrogen and oxygen atoms in total. The number of aliphatic imine (C=N–C) groups is 1. The Hall–Kier alpha value is -2.70. The third-order valence-corrected chi connectivity index (χ3v) is 4.38. The second kappa shape index (κ2) is 5.83. The van der Waals surface area contributed by atoms with Crippen molar-refractivity contribution < 1.29 is 13.5 Å². The molecule has 3 N–H and O–H groups in total. The molecule has 0 aromatic heterocycles. The van der Waals surface area contributed by atoms with Gasteiger partial charge in [0.1, 0.15) is 5.75 Å². The van der Waals surface area contributed by atoms with E-state index in [-0.39, 0.29) is 10.6 Å². The number of benzene rings is 3. The lowest BCUT2D eigenvalue weighted by atomic mass is 10.1. The minimum absolute atomic E-state index is 0.0803. The predicted octanol–water partition coefficient (Wildman–Crippen LogP) is 2.94. The molecule has 0 unspecified atom stereocenters. The van der Waals surface area contributed by atoms with E-state index in [1.54, 1.807) is 60.8 Å². The van der Waals surface area contributed by atoms with Gasteiger partial charge in [-0.05, 0) is 42.0 Å². The summed E-state index contributed by atoms with van der Waals surface area (Å²) in [7, 11) is -3.80. The van der Waals surface area contributed by atoms with Gasteiger partial charge in [-0.2, -0.15) is 0 Å². The molecule has 3 rings (SSSR count). The van der Waals surface area contributed by atoms with E-state index in [9.17, 15) is 13.5 Å². The van der Waals surface area contributed by atoms with Gasteiger partial charge in [0.05, 0.1) is 10.6 Å². The fourth-order valence-corrected chi connectivity index (χ4v) is 3.08. The maximum absolute atomic E-state index is 11.7. The van der Waals surface area contributed by atoms with Crippen molar-refractivity contribution in [1.82, 2.24) is 0 Å². The topological polar surface area (TPSA) is 92.8 Å². The quantitative estimate of drug-likeness (QED) is 0.725. The number of primary sulfonamides is 1. The number of phenols is 1. The highest BCUT2D eigenvalue weighted by Gasteiger charge is 2.13. The number of sulfonamides is 1. The van der Waals surface area contributed by atoms with E-state index in [2.05, 4.69) is 4.99 Å². The average molecular weight is 326 g/mol. The first-order chi connectivity index (χ1) is 10.9. The Balaban J connectivity index is 2.10. The monoisotopic (exact) mass is 326 g/mol. The molecule has 0 saturated carbocycles. The molecule has 23 heavy (non-hydrogen) atoms. The van der Waals surface area contributed by atoms with Crippen LogP contribution in [0.25, 0.3) is 10.8 Å². The van der Waals surface area contributed by atoms with Gasteiger partial charge in [0.25, 0.3) is 0 Å². The second-order valence-corrected chi connectivity index (χ2v) is 6.55. The number of hydrogen-bond donors (Lipinski definition) is 2. The summed E-state index contributed by atoms with van der Waals surface area (Å²) in [5, 5.41) is 15.8. The van der Waals surface area contributed by atoms with E-state index >= 15 is 0 Å². The van der Waals surface area contributed by atoms with E-state index in [1.165, 1.54) is 6.07 Å². The first kappa shape index (κ1) is 15.2. The molecule has 0 heterocycles. The summed E-state index contributed by atoms with van der Waals surface area (Å²) >= 11 is 0. The number of hydrogen-bond acceptors (Lipinski definition) is 4. The van der Waals surface area contributed by atoms with Crippen LogP contribution in [0, 0.1) is 0 Å². The lowest BCUT2D eigenvalue weighted by molar-refractivity contribution is 0.475. The van der Waals surface area contributed by atoms with Gasteiger partial charge in [-0.3, -0.25) is 4.99 Å². The van der Waals surface area contributed by atoms with E-state index in [4.69, 9.17) is 5.14 Å². The lowest BCUT2D eigenvalue weighted by Gasteiger charge is -2.06. The van der Waals surface area contributed by atoms with Crippen LogP contribution in [0.3, 0.4) is 0 Å². The predicted molar refractivity (Wildman–Crippen MR) is 90.7 cm³/mol. The molecule has 0 saturated heterocycles. The van der Waals surface area contributed by atoms with Crippen LogP contribution in [0.15, 0.2) is 70.6 Å². The van der Waals surface area contributed by atoms with Crippen molar-refractivity contribution in [2.75, 3.05) is 0 Å². The van der Waals surface area contributed by atoms with Crippen molar-refractivity contribution in [1.29, 1.82) is 0 Å². The van der Waals surface area contributed by atoms with Crippen LogP contribution in [0.2, 0.25) is 0 Å². The minimum Gasteiger partial charge on any atom is -0.508 e. The second-order valence-electron chi connectivity index (χ2n) is 5.02. The third kappa shape index (κ3) is 3.23. The van der Waals surface area contributed by atoms with Gasteiger partial charge in [-0.15, -0.1) is 0 Å². The Kier molecular flexibility index (Phi) is 3.85. The zero-order valence-electron chi connectivity index (χ0n) is 12.0. The molecule has 0 fully saturated rings. The van der Waals surface area contributed by atoms with E-state index < -0.39 is 10.0 Å². The van der Waals surface area contributed by atoms with Crippen LogP contribution >= 0.6 is 0 Å². The summed E-state index contributed by atoms with van der Waals surface area (Å²) in [6.07, 6.45) is 1.65. The average Bonchev–Trinajstić information content (AvgIpc) is 2.53. The number of rotatable bonds is 3. The van der Waals surface area contributed by atoms with Crippen molar-refractivity contribution in [2.24, 2.45) is 10.1 Å². The van der Waals surface area contributed by atoms with Gasteiger partial charge in [-0.1, -0.05) is 24.3 Å². The van der Waals surface area contributed by atoms with Crippen LogP contribution in [-0.4, -0.2) is 19.7 Å². The molecule has 0 radical (unpaired) electrons. The van der Waals surface area contributed by atoms with Crippen molar-refractivity contribution in [2.45, 2.75) is 4.90 Å². The largest absolute Gasteiger partial charge is 0.508 e. The van der Waals surface area contributed by atoms with Crippen molar-refractivity contribution in [3.05, 3.63) is 66.2 Å². The van der Waals surface area contributed by atoms with Crippen LogP contribution in [0.5, 0.6) is 5.75 Å². The number of fused-ring (bicyclic) bond motifs is 1. The normalized spacial score (nSPS) is 12.0. The van der Waals surface area contributed by atoms with Gasteiger partial charge < -0.3 is 5.11 Å². The smallest absolute Gasteiger partial charge is 0.238 e. The maximum Gasteiger partial charge on any atom is 0.238 e. The molecule has 3 aromatic rings. The van der Waals surface area contributed by atoms with Gasteiger partial charge >= 0.3 is 0 Å². The summed E-state index contributed by atoms with van der Waals surface area (Å²) in [5.41, 5.74) is 1.46. The summed E-state index contributed by atoms with van der Waals surface area (Å²) in [6.45, 7) is 0. The molecule has 0 amide bonds. The Labute approximate surface area is 133 Å². The zero-order chi connectivity index (χ0) is 16.4. The highest BCUT2D eigenvalue weighted by atomic mass is 32.2. The Morgan fingerprint density at radius 2 is 1.57 bits per heavy atom. The van der Waals surface area contributed by atoms with Crippen LogP contribution in [0.1, 0.15) is 5.56 Å². The number of phenolic OH excluding ortho intramolecular Hbond substituents is 1. The molecular weight excluding hydrogens is 312 g/mol. The molecule has 6 heteroatoms. The van der Waals surface area contributed by atoms with E-state index in [0.717, 1.165) is 5.56 Å². The molecule has 0 aliphatic carbocycles. The van der Waals surface area contributed by atoms with Gasteiger partial charge in [0, 0.05) is 17.0 Å². The standard InChI is InChI=1S/C17H14N2O3S/c18-23(21,22)17-6-2-3-14-15(17)4-1-5-16(14)19-11-12-7-9-13(20)10-8-12/h1-11,20H,(H2,18,21,22). The van der Waals surface area contributed by atoms with Crippen LogP contribution < -0.4 is 5.14 Å². The first-order valence-electron chi connectivity index (χ1n) is 6.83. The Morgan fingerprint density at radius 1 is 0.913 bits per heavy atom. The minimum atomic E-state index is -3.80. The summed E-state index contributed by atoms with van der Waals surface area (Å²) in [6, 6.07) is 16.8. The van der Waals surface area contributed by atoms with E-state index in [0.29, 0.717) is 16.5 Å². The molecule has 0 atom stereocenters. The molecule has 0 spiro atoms. The lowest BCUT2D eigenvalue weighted by Crippen LogP contribution is -2.12.